The van der Waals surface area contributed by atoms with E-state index in [1.165, 1.54) is 22.3 Å². The Bertz CT molecular complexity index is 679. The second-order valence-corrected chi connectivity index (χ2v) is 5.63. The van der Waals surface area contributed by atoms with E-state index in [1.54, 1.807) is 0 Å². The molecule has 0 saturated heterocycles. The lowest BCUT2D eigenvalue weighted by Crippen LogP contribution is -2.25. The van der Waals surface area contributed by atoms with Crippen LogP contribution in [0, 0.1) is 0 Å². The van der Waals surface area contributed by atoms with Gasteiger partial charge in [-0.2, -0.15) is 0 Å². The maximum atomic E-state index is 11.7. The molecule has 0 heterocycles. The van der Waals surface area contributed by atoms with Crippen molar-refractivity contribution in [2.45, 2.75) is 32.8 Å². The van der Waals surface area contributed by atoms with Crippen LogP contribution >= 0.6 is 0 Å². The topological polar surface area (TPSA) is 38.3 Å². The van der Waals surface area contributed by atoms with Crippen molar-refractivity contribution < 1.29 is 9.53 Å². The van der Waals surface area contributed by atoms with E-state index in [0.717, 1.165) is 24.8 Å². The number of ether oxygens (including phenoxy) is 1. The minimum absolute atomic E-state index is 0.328. The maximum Gasteiger partial charge on any atom is 0.407 e. The number of carbonyl (C=O) groups is 1. The predicted molar refractivity (Wildman–Crippen MR) is 87.8 cm³/mol. The predicted octanol–water partition coefficient (Wildman–Crippen LogP) is 4.28. The molecule has 1 aliphatic rings. The number of nitrogens with one attached hydrogen (secondary N) is 1. The summed E-state index contributed by atoms with van der Waals surface area (Å²) in [5.74, 6) is 0. The molecule has 114 valence electrons. The molecule has 0 aliphatic heterocycles. The van der Waals surface area contributed by atoms with Crippen molar-refractivity contribution in [1.82, 2.24) is 5.32 Å². The molecule has 1 N–H and O–H groups in total. The van der Waals surface area contributed by atoms with Crippen molar-refractivity contribution >= 4 is 6.09 Å². The third-order valence-corrected chi connectivity index (χ3v) is 4.11. The SMILES string of the molecule is CCCCNC(=O)OCc1cccc2c1Cc1ccccc1-2. The Morgan fingerprint density at radius 1 is 1.14 bits per heavy atom. The van der Waals surface area contributed by atoms with Gasteiger partial charge in [-0.1, -0.05) is 55.8 Å². The summed E-state index contributed by atoms with van der Waals surface area (Å²) in [6.07, 6.45) is 2.62. The van der Waals surface area contributed by atoms with E-state index >= 15 is 0 Å². The van der Waals surface area contributed by atoms with E-state index in [1.807, 2.05) is 12.1 Å². The molecule has 0 spiro atoms. The van der Waals surface area contributed by atoms with E-state index in [9.17, 15) is 4.79 Å². The van der Waals surface area contributed by atoms with Crippen molar-refractivity contribution in [2.24, 2.45) is 0 Å². The quantitative estimate of drug-likeness (QED) is 0.713. The smallest absolute Gasteiger partial charge is 0.407 e. The second kappa shape index (κ2) is 6.65. The zero-order valence-electron chi connectivity index (χ0n) is 12.9. The van der Waals surface area contributed by atoms with Gasteiger partial charge in [0, 0.05) is 6.54 Å². The van der Waals surface area contributed by atoms with Crippen LogP contribution < -0.4 is 5.32 Å². The Labute approximate surface area is 131 Å². The van der Waals surface area contributed by atoms with Crippen LogP contribution in [0.15, 0.2) is 42.5 Å². The summed E-state index contributed by atoms with van der Waals surface area (Å²) in [7, 11) is 0. The molecule has 0 atom stereocenters. The lowest BCUT2D eigenvalue weighted by atomic mass is 10.0. The fraction of sp³-hybridized carbons (Fsp3) is 0.316. The molecule has 3 rings (SSSR count). The Kier molecular flexibility index (Phi) is 4.42. The maximum absolute atomic E-state index is 11.7. The van der Waals surface area contributed by atoms with Crippen LogP contribution in [-0.2, 0) is 17.8 Å². The molecule has 0 bridgehead atoms. The van der Waals surface area contributed by atoms with Crippen LogP contribution in [0.2, 0.25) is 0 Å². The first-order valence-corrected chi connectivity index (χ1v) is 7.89. The van der Waals surface area contributed by atoms with Gasteiger partial charge in [-0.15, -0.1) is 0 Å². The zero-order valence-corrected chi connectivity index (χ0v) is 12.9. The molecule has 0 unspecified atom stereocenters. The lowest BCUT2D eigenvalue weighted by Gasteiger charge is -2.10. The Balaban J connectivity index is 1.68. The fourth-order valence-electron chi connectivity index (χ4n) is 2.92. The van der Waals surface area contributed by atoms with Crippen LogP contribution in [0.1, 0.15) is 36.5 Å². The molecule has 22 heavy (non-hydrogen) atoms. The van der Waals surface area contributed by atoms with Crippen LogP contribution in [0.3, 0.4) is 0 Å². The van der Waals surface area contributed by atoms with Crippen molar-refractivity contribution in [2.75, 3.05) is 6.54 Å². The van der Waals surface area contributed by atoms with Gasteiger partial charge in [-0.05, 0) is 40.7 Å². The third-order valence-electron chi connectivity index (χ3n) is 4.11. The fourth-order valence-corrected chi connectivity index (χ4v) is 2.92. The van der Waals surface area contributed by atoms with Gasteiger partial charge in [0.2, 0.25) is 0 Å². The third kappa shape index (κ3) is 2.98. The molecule has 0 fully saturated rings. The van der Waals surface area contributed by atoms with Gasteiger partial charge in [0.05, 0.1) is 0 Å². The monoisotopic (exact) mass is 295 g/mol. The molecule has 0 aromatic heterocycles. The summed E-state index contributed by atoms with van der Waals surface area (Å²) in [5.41, 5.74) is 6.29. The second-order valence-electron chi connectivity index (χ2n) is 5.63. The summed E-state index contributed by atoms with van der Waals surface area (Å²) in [5, 5.41) is 2.78. The number of fused-ring (bicyclic) bond motifs is 3. The molecular weight excluding hydrogens is 274 g/mol. The first-order chi connectivity index (χ1) is 10.8. The minimum Gasteiger partial charge on any atom is -0.445 e. The summed E-state index contributed by atoms with van der Waals surface area (Å²) in [4.78, 5) is 11.7. The summed E-state index contributed by atoms with van der Waals surface area (Å²) in [6, 6.07) is 14.7. The van der Waals surface area contributed by atoms with E-state index < -0.39 is 0 Å². The van der Waals surface area contributed by atoms with Crippen molar-refractivity contribution in [3.05, 3.63) is 59.2 Å². The van der Waals surface area contributed by atoms with Gasteiger partial charge < -0.3 is 10.1 Å². The average molecular weight is 295 g/mol. The number of rotatable bonds is 5. The van der Waals surface area contributed by atoms with Crippen LogP contribution in [0.25, 0.3) is 11.1 Å². The van der Waals surface area contributed by atoms with E-state index in [-0.39, 0.29) is 6.09 Å². The number of amides is 1. The Hall–Kier alpha value is -2.29. The van der Waals surface area contributed by atoms with Crippen LogP contribution in [0.5, 0.6) is 0 Å². The molecule has 1 aliphatic carbocycles. The summed E-state index contributed by atoms with van der Waals surface area (Å²) >= 11 is 0. The van der Waals surface area contributed by atoms with E-state index in [0.29, 0.717) is 13.2 Å². The van der Waals surface area contributed by atoms with Gasteiger partial charge in [0.25, 0.3) is 0 Å². The molecular formula is C19H21NO2. The molecule has 2 aromatic carbocycles. The van der Waals surface area contributed by atoms with Gasteiger partial charge in [-0.3, -0.25) is 0 Å². The highest BCUT2D eigenvalue weighted by Gasteiger charge is 2.20. The van der Waals surface area contributed by atoms with Gasteiger partial charge >= 0.3 is 6.09 Å². The first-order valence-electron chi connectivity index (χ1n) is 7.89. The van der Waals surface area contributed by atoms with Gasteiger partial charge in [0.1, 0.15) is 6.61 Å². The Morgan fingerprint density at radius 3 is 2.82 bits per heavy atom. The number of hydrogen-bond acceptors (Lipinski definition) is 2. The van der Waals surface area contributed by atoms with Crippen LogP contribution in [-0.4, -0.2) is 12.6 Å². The van der Waals surface area contributed by atoms with Gasteiger partial charge in [0.15, 0.2) is 0 Å². The van der Waals surface area contributed by atoms with Crippen molar-refractivity contribution in [3.8, 4) is 11.1 Å². The highest BCUT2D eigenvalue weighted by Crippen LogP contribution is 2.38. The number of hydrogen-bond donors (Lipinski definition) is 1. The normalized spacial score (nSPS) is 11.7. The molecule has 0 saturated carbocycles. The van der Waals surface area contributed by atoms with Gasteiger partial charge in [-0.25, -0.2) is 4.79 Å². The van der Waals surface area contributed by atoms with Crippen molar-refractivity contribution in [1.29, 1.82) is 0 Å². The Morgan fingerprint density at radius 2 is 1.95 bits per heavy atom. The highest BCUT2D eigenvalue weighted by molar-refractivity contribution is 5.78. The average Bonchev–Trinajstić information content (AvgIpc) is 2.92. The van der Waals surface area contributed by atoms with E-state index in [4.69, 9.17) is 4.74 Å². The largest absolute Gasteiger partial charge is 0.445 e. The molecule has 3 nitrogen and oxygen atoms in total. The standard InChI is InChI=1S/C19H21NO2/c1-2-3-11-20-19(21)22-13-15-8-6-10-17-16-9-5-4-7-14(16)12-18(15)17/h4-10H,2-3,11-13H2,1H3,(H,20,21). The minimum atomic E-state index is -0.332. The molecule has 0 radical (unpaired) electrons. The zero-order chi connectivity index (χ0) is 15.4. The van der Waals surface area contributed by atoms with Crippen LogP contribution in [0.4, 0.5) is 4.79 Å². The molecule has 3 heteroatoms. The van der Waals surface area contributed by atoms with E-state index in [2.05, 4.69) is 42.6 Å². The highest BCUT2D eigenvalue weighted by atomic mass is 16.5. The summed E-state index contributed by atoms with van der Waals surface area (Å²) < 4.78 is 5.35. The number of alkyl carbamates (subject to hydrolysis) is 1. The molecule has 1 amide bonds. The van der Waals surface area contributed by atoms with Crippen molar-refractivity contribution in [3.63, 3.8) is 0 Å². The molecule has 2 aromatic rings. The number of carbonyl (C=O) groups excluding carboxylic acids is 1. The first kappa shape index (κ1) is 14.6. The number of benzene rings is 2. The summed E-state index contributed by atoms with van der Waals surface area (Å²) in [6.45, 7) is 3.10. The number of unbranched alkanes of at least 4 members (excludes halogenated alkanes) is 1. The lowest BCUT2D eigenvalue weighted by molar-refractivity contribution is 0.139.